The molecule has 1 saturated carbocycles. The van der Waals surface area contributed by atoms with Crippen LogP contribution in [0.2, 0.25) is 0 Å². The van der Waals surface area contributed by atoms with E-state index in [1.807, 2.05) is 31.2 Å². The summed E-state index contributed by atoms with van der Waals surface area (Å²) in [6.45, 7) is 7.73. The summed E-state index contributed by atoms with van der Waals surface area (Å²) in [4.78, 5) is 59.6. The SMILES string of the molecule is CCO[C@@H]1C[C@@H]2CN(C(=O)[C@@H](NC(=O)[C@H](CO)CN(C(=O)O)C(C)(C)C)C3CCC(F)(F)CC3)[C@H](C(=O)N[C@@H]3CCOc4ccccc43)CN2C1. The number of aliphatic hydroxyl groups is 1. The molecule has 5 rings (SSSR count). The maximum Gasteiger partial charge on any atom is 0.407 e. The number of rotatable bonds is 11. The Labute approximate surface area is 298 Å². The quantitative estimate of drug-likeness (QED) is 0.269. The lowest BCUT2D eigenvalue weighted by atomic mass is 9.81. The number of halogens is 2. The number of benzene rings is 1. The third-order valence-electron chi connectivity index (χ3n) is 10.8. The Bertz CT molecular complexity index is 1420. The van der Waals surface area contributed by atoms with Gasteiger partial charge in [-0.25, -0.2) is 13.6 Å². The Morgan fingerprint density at radius 2 is 1.80 bits per heavy atom. The number of nitrogens with zero attached hydrogens (tertiary/aromatic N) is 3. The zero-order valence-electron chi connectivity index (χ0n) is 30.0. The van der Waals surface area contributed by atoms with Crippen molar-refractivity contribution in [2.45, 2.75) is 108 Å². The van der Waals surface area contributed by atoms with Crippen LogP contribution in [0, 0.1) is 11.8 Å². The number of piperazine rings is 1. The fourth-order valence-corrected chi connectivity index (χ4v) is 7.92. The summed E-state index contributed by atoms with van der Waals surface area (Å²) in [7, 11) is 0. The minimum absolute atomic E-state index is 0.0394. The van der Waals surface area contributed by atoms with Crippen molar-refractivity contribution in [3.05, 3.63) is 29.8 Å². The van der Waals surface area contributed by atoms with Crippen LogP contribution in [0.25, 0.3) is 0 Å². The molecular weight excluding hydrogens is 668 g/mol. The minimum atomic E-state index is -2.90. The second-order valence-corrected chi connectivity index (χ2v) is 15.3. The molecule has 4 N–H and O–H groups in total. The standard InChI is InChI=1S/C36H53F2N5O8/c1-5-50-25-16-24-18-42(28(20-41(24)19-25)32(46)39-27-12-15-51-29-9-7-6-8-26(27)29)33(47)30(22-10-13-36(37,38)14-11-22)40-31(45)23(21-44)17-43(34(48)49)35(2,3)4/h6-9,22-25,27-28,30,44H,5,10-21H2,1-4H3,(H,39,46)(H,40,45)(H,48,49)/t23-,24+,25+,27+,28-,30-/m0/s1. The Balaban J connectivity index is 1.43. The summed E-state index contributed by atoms with van der Waals surface area (Å²) in [5.74, 6) is -5.82. The number of aliphatic hydroxyl groups excluding tert-OH is 1. The van der Waals surface area contributed by atoms with E-state index in [9.17, 15) is 38.2 Å². The molecule has 4 amide bonds. The molecule has 51 heavy (non-hydrogen) atoms. The molecule has 0 radical (unpaired) electrons. The van der Waals surface area contributed by atoms with Crippen molar-refractivity contribution < 1.29 is 47.6 Å². The van der Waals surface area contributed by atoms with Gasteiger partial charge in [-0.3, -0.25) is 19.3 Å². The molecule has 0 unspecified atom stereocenters. The highest BCUT2D eigenvalue weighted by Crippen LogP contribution is 2.39. The number of carbonyl (C=O) groups is 4. The Kier molecular flexibility index (Phi) is 12.1. The lowest BCUT2D eigenvalue weighted by Crippen LogP contribution is -2.66. The molecule has 0 bridgehead atoms. The van der Waals surface area contributed by atoms with Crippen LogP contribution >= 0.6 is 0 Å². The van der Waals surface area contributed by atoms with E-state index in [-0.39, 0.29) is 56.6 Å². The van der Waals surface area contributed by atoms with E-state index in [4.69, 9.17) is 9.47 Å². The molecule has 1 aromatic rings. The number of nitrogens with one attached hydrogen (secondary N) is 2. The second-order valence-electron chi connectivity index (χ2n) is 15.3. The van der Waals surface area contributed by atoms with Crippen LogP contribution in [-0.2, 0) is 19.1 Å². The van der Waals surface area contributed by atoms with E-state index in [0.29, 0.717) is 38.3 Å². The van der Waals surface area contributed by atoms with Crippen LogP contribution in [0.1, 0.15) is 77.8 Å². The van der Waals surface area contributed by atoms with Crippen LogP contribution in [0.3, 0.4) is 0 Å². The van der Waals surface area contributed by atoms with Crippen LogP contribution < -0.4 is 15.4 Å². The van der Waals surface area contributed by atoms with E-state index in [1.165, 1.54) is 4.90 Å². The smallest absolute Gasteiger partial charge is 0.407 e. The first-order valence-corrected chi connectivity index (χ1v) is 18.1. The summed E-state index contributed by atoms with van der Waals surface area (Å²) in [6, 6.07) is 4.75. The largest absolute Gasteiger partial charge is 0.493 e. The average molecular weight is 722 g/mol. The maximum atomic E-state index is 14.8. The predicted molar refractivity (Wildman–Crippen MR) is 182 cm³/mol. The molecular formula is C36H53F2N5O8. The second kappa shape index (κ2) is 16.0. The number of fused-ring (bicyclic) bond motifs is 2. The van der Waals surface area contributed by atoms with Gasteiger partial charge in [0.1, 0.15) is 17.8 Å². The van der Waals surface area contributed by atoms with E-state index in [1.54, 1.807) is 20.8 Å². The molecule has 0 spiro atoms. The molecule has 0 aromatic heterocycles. The van der Waals surface area contributed by atoms with Gasteiger partial charge in [0, 0.05) is 69.2 Å². The van der Waals surface area contributed by atoms with Gasteiger partial charge >= 0.3 is 6.09 Å². The number of alkyl halides is 2. The molecule has 3 heterocycles. The Hall–Kier alpha value is -3.56. The van der Waals surface area contributed by atoms with Crippen molar-refractivity contribution in [1.29, 1.82) is 0 Å². The van der Waals surface area contributed by atoms with Crippen molar-refractivity contribution in [2.24, 2.45) is 11.8 Å². The topological polar surface area (TPSA) is 161 Å². The van der Waals surface area contributed by atoms with E-state index >= 15 is 0 Å². The number of carboxylic acid groups (broad SMARTS) is 1. The number of carbonyl (C=O) groups excluding carboxylic acids is 3. The normalized spacial score (nSPS) is 26.2. The first-order chi connectivity index (χ1) is 24.1. The first kappa shape index (κ1) is 38.7. The summed E-state index contributed by atoms with van der Waals surface area (Å²) in [5, 5.41) is 26.0. The van der Waals surface area contributed by atoms with Crippen LogP contribution in [0.4, 0.5) is 13.6 Å². The molecule has 6 atom stereocenters. The zero-order chi connectivity index (χ0) is 37.1. The molecule has 13 nitrogen and oxygen atoms in total. The van der Waals surface area contributed by atoms with Gasteiger partial charge in [-0.05, 0) is 58.9 Å². The Morgan fingerprint density at radius 1 is 1.10 bits per heavy atom. The van der Waals surface area contributed by atoms with Crippen LogP contribution in [0.5, 0.6) is 5.75 Å². The Morgan fingerprint density at radius 3 is 2.45 bits per heavy atom. The highest BCUT2D eigenvalue weighted by atomic mass is 19.3. The first-order valence-electron chi connectivity index (χ1n) is 18.1. The molecule has 3 fully saturated rings. The van der Waals surface area contributed by atoms with Crippen molar-refractivity contribution >= 4 is 23.8 Å². The van der Waals surface area contributed by atoms with Gasteiger partial charge in [0.05, 0.1) is 31.3 Å². The fourth-order valence-electron chi connectivity index (χ4n) is 7.92. The van der Waals surface area contributed by atoms with Gasteiger partial charge in [-0.1, -0.05) is 18.2 Å². The van der Waals surface area contributed by atoms with Crippen molar-refractivity contribution in [2.75, 3.05) is 46.0 Å². The van der Waals surface area contributed by atoms with E-state index in [2.05, 4.69) is 15.5 Å². The summed E-state index contributed by atoms with van der Waals surface area (Å²) >= 11 is 0. The van der Waals surface area contributed by atoms with Crippen molar-refractivity contribution in [1.82, 2.24) is 25.3 Å². The van der Waals surface area contributed by atoms with Gasteiger partial charge in [-0.2, -0.15) is 0 Å². The van der Waals surface area contributed by atoms with Gasteiger partial charge < -0.3 is 40.1 Å². The predicted octanol–water partition coefficient (Wildman–Crippen LogP) is 3.01. The average Bonchev–Trinajstić information content (AvgIpc) is 3.48. The fraction of sp³-hybridized carbons (Fsp3) is 0.722. The van der Waals surface area contributed by atoms with Gasteiger partial charge in [0.2, 0.25) is 23.6 Å². The molecule has 1 aliphatic carbocycles. The number of amides is 4. The number of para-hydroxylation sites is 1. The number of hydrogen-bond donors (Lipinski definition) is 4. The van der Waals surface area contributed by atoms with E-state index in [0.717, 1.165) is 10.5 Å². The van der Waals surface area contributed by atoms with Crippen LogP contribution in [0.15, 0.2) is 24.3 Å². The molecule has 15 heteroatoms. The number of hydrogen-bond acceptors (Lipinski definition) is 8. The van der Waals surface area contributed by atoms with Crippen LogP contribution in [-0.4, -0.2) is 130 Å². The lowest BCUT2D eigenvalue weighted by molar-refractivity contribution is -0.151. The van der Waals surface area contributed by atoms with Gasteiger partial charge in [0.25, 0.3) is 0 Å². The lowest BCUT2D eigenvalue weighted by Gasteiger charge is -2.45. The molecule has 2 saturated heterocycles. The van der Waals surface area contributed by atoms with E-state index < -0.39 is 72.7 Å². The van der Waals surface area contributed by atoms with Crippen molar-refractivity contribution in [3.8, 4) is 5.75 Å². The molecule has 3 aliphatic heterocycles. The highest BCUT2D eigenvalue weighted by molar-refractivity contribution is 5.93. The molecule has 284 valence electrons. The number of ether oxygens (including phenoxy) is 2. The highest BCUT2D eigenvalue weighted by Gasteiger charge is 2.49. The van der Waals surface area contributed by atoms with Gasteiger partial charge in [0.15, 0.2) is 0 Å². The monoisotopic (exact) mass is 721 g/mol. The molecule has 4 aliphatic rings. The third-order valence-corrected chi connectivity index (χ3v) is 10.8. The minimum Gasteiger partial charge on any atom is -0.493 e. The zero-order valence-corrected chi connectivity index (χ0v) is 30.0. The summed E-state index contributed by atoms with van der Waals surface area (Å²) in [5.41, 5.74) is -0.0644. The van der Waals surface area contributed by atoms with Crippen molar-refractivity contribution in [3.63, 3.8) is 0 Å². The third kappa shape index (κ3) is 9.09. The maximum absolute atomic E-state index is 14.8. The summed E-state index contributed by atoms with van der Waals surface area (Å²) in [6.07, 6.45) is -1.20. The summed E-state index contributed by atoms with van der Waals surface area (Å²) < 4.78 is 40.4. The van der Waals surface area contributed by atoms with Gasteiger partial charge in [-0.15, -0.1) is 0 Å². The molecule has 1 aromatic carbocycles.